The molecule has 3 heterocycles. The molecule has 15 heteroatoms. The minimum absolute atomic E-state index is 0.0436. The maximum absolute atomic E-state index is 13.0. The first-order valence-corrected chi connectivity index (χ1v) is 12.1. The Balaban J connectivity index is 0.000000333. The lowest BCUT2D eigenvalue weighted by atomic mass is 9.75. The average Bonchev–Trinajstić information content (AvgIpc) is 3.28. The molecule has 3 N–H and O–H groups in total. The number of nitrogens with zero attached hydrogens (tertiary/aromatic N) is 2. The Hall–Kier alpha value is -3.46. The molecule has 0 aliphatic carbocycles. The number of piperidine rings is 1. The minimum atomic E-state index is -5.08. The fourth-order valence-corrected chi connectivity index (χ4v) is 4.32. The number of carbonyl (C=O) groups is 3. The van der Waals surface area contributed by atoms with Crippen LogP contribution in [0.15, 0.2) is 36.4 Å². The molecule has 2 saturated heterocycles. The van der Waals surface area contributed by atoms with Gasteiger partial charge < -0.3 is 20.3 Å². The highest BCUT2D eigenvalue weighted by Crippen LogP contribution is 2.41. The van der Waals surface area contributed by atoms with E-state index in [0.717, 1.165) is 49.1 Å². The quantitative estimate of drug-likeness (QED) is 0.462. The Morgan fingerprint density at radius 1 is 1.05 bits per heavy atom. The third kappa shape index (κ3) is 9.05. The van der Waals surface area contributed by atoms with Crippen LogP contribution in [0.1, 0.15) is 32.4 Å². The molecule has 2 aromatic rings. The van der Waals surface area contributed by atoms with Gasteiger partial charge in [-0.2, -0.15) is 26.3 Å². The molecule has 2 aliphatic rings. The molecule has 40 heavy (non-hydrogen) atoms. The summed E-state index contributed by atoms with van der Waals surface area (Å²) in [6.07, 6.45) is -8.42. The van der Waals surface area contributed by atoms with E-state index in [1.165, 1.54) is 0 Å². The number of rotatable bonds is 4. The third-order valence-electron chi connectivity index (χ3n) is 6.10. The van der Waals surface area contributed by atoms with Crippen molar-refractivity contribution in [3.05, 3.63) is 42.1 Å². The summed E-state index contributed by atoms with van der Waals surface area (Å²) in [4.78, 5) is 37.9. The number of carbonyl (C=O) groups excluding carboxylic acids is 1. The standard InChI is InChI=1S/C21H27N3O2.2C2HF3O2/c1-15(2)22-20(25)21-10-12-26-19(21)9-11-24(14-21)13-17-8-7-16-5-3-4-6-18(16)23-17;2*3-2(4,5)1(6)7/h3-8,15,19H,9-14H2,1-2H3,(H,22,25);2*(H,6,7)/t19-,21-;;/m1../s1. The van der Waals surface area contributed by atoms with Crippen LogP contribution in [0.4, 0.5) is 26.3 Å². The summed E-state index contributed by atoms with van der Waals surface area (Å²) in [6.45, 7) is 7.16. The molecule has 0 bridgehead atoms. The number of alkyl halides is 6. The van der Waals surface area contributed by atoms with E-state index >= 15 is 0 Å². The zero-order valence-corrected chi connectivity index (χ0v) is 21.6. The molecule has 0 radical (unpaired) electrons. The zero-order valence-electron chi connectivity index (χ0n) is 21.6. The number of para-hydroxylation sites is 1. The second kappa shape index (κ2) is 13.3. The van der Waals surface area contributed by atoms with Gasteiger partial charge in [0.15, 0.2) is 0 Å². The van der Waals surface area contributed by atoms with Gasteiger partial charge in [-0.3, -0.25) is 14.7 Å². The summed E-state index contributed by atoms with van der Waals surface area (Å²) in [5, 5.41) is 18.5. The normalized spacial score (nSPS) is 21.0. The average molecular weight is 582 g/mol. The van der Waals surface area contributed by atoms with E-state index in [1.54, 1.807) is 0 Å². The van der Waals surface area contributed by atoms with Gasteiger partial charge in [0.1, 0.15) is 0 Å². The number of carboxylic acids is 2. The van der Waals surface area contributed by atoms with Crippen molar-refractivity contribution in [2.75, 3.05) is 19.7 Å². The topological polar surface area (TPSA) is 129 Å². The number of pyridine rings is 1. The SMILES string of the molecule is CC(C)NC(=O)[C@@]12CCO[C@@H]1CCN(Cc1ccc3ccccc3n1)C2.O=C(O)C(F)(F)F.O=C(O)C(F)(F)F. The van der Waals surface area contributed by atoms with Crippen molar-refractivity contribution < 1.29 is 55.7 Å². The molecule has 1 amide bonds. The van der Waals surface area contributed by atoms with Gasteiger partial charge >= 0.3 is 24.3 Å². The summed E-state index contributed by atoms with van der Waals surface area (Å²) >= 11 is 0. The van der Waals surface area contributed by atoms with Crippen molar-refractivity contribution in [1.82, 2.24) is 15.2 Å². The van der Waals surface area contributed by atoms with Gasteiger partial charge in [-0.25, -0.2) is 9.59 Å². The Bertz CT molecular complexity index is 1170. The molecular weight excluding hydrogens is 552 g/mol. The van der Waals surface area contributed by atoms with Crippen LogP contribution < -0.4 is 5.32 Å². The monoisotopic (exact) mass is 581 g/mol. The number of amides is 1. The fraction of sp³-hybridized carbons (Fsp3) is 0.520. The molecule has 0 spiro atoms. The number of halogens is 6. The van der Waals surface area contributed by atoms with E-state index in [0.29, 0.717) is 6.61 Å². The number of carboxylic acid groups (broad SMARTS) is 2. The summed E-state index contributed by atoms with van der Waals surface area (Å²) in [6, 6.07) is 12.6. The molecule has 2 fully saturated rings. The van der Waals surface area contributed by atoms with E-state index in [1.807, 2.05) is 32.0 Å². The second-order valence-corrected chi connectivity index (χ2v) is 9.49. The number of hydrogen-bond donors (Lipinski definition) is 3. The second-order valence-electron chi connectivity index (χ2n) is 9.49. The number of likely N-dealkylation sites (tertiary alicyclic amines) is 1. The molecule has 0 saturated carbocycles. The first-order valence-electron chi connectivity index (χ1n) is 12.1. The lowest BCUT2D eigenvalue weighted by Gasteiger charge is -2.42. The molecule has 0 unspecified atom stereocenters. The Labute approximate surface area is 225 Å². The number of nitrogens with one attached hydrogen (secondary N) is 1. The number of hydrogen-bond acceptors (Lipinski definition) is 6. The van der Waals surface area contributed by atoms with E-state index < -0.39 is 29.7 Å². The van der Waals surface area contributed by atoms with Gasteiger partial charge in [-0.05, 0) is 38.8 Å². The lowest BCUT2D eigenvalue weighted by Crippen LogP contribution is -2.57. The van der Waals surface area contributed by atoms with Crippen LogP contribution in [0.2, 0.25) is 0 Å². The lowest BCUT2D eigenvalue weighted by molar-refractivity contribution is -0.193. The van der Waals surface area contributed by atoms with Crippen LogP contribution in [-0.2, 0) is 25.7 Å². The van der Waals surface area contributed by atoms with Crippen molar-refractivity contribution in [2.45, 2.75) is 57.7 Å². The maximum atomic E-state index is 13.0. The van der Waals surface area contributed by atoms with Crippen molar-refractivity contribution in [1.29, 1.82) is 0 Å². The maximum Gasteiger partial charge on any atom is 0.490 e. The summed E-state index contributed by atoms with van der Waals surface area (Å²) in [5.74, 6) is -5.37. The largest absolute Gasteiger partial charge is 0.490 e. The Morgan fingerprint density at radius 2 is 1.62 bits per heavy atom. The van der Waals surface area contributed by atoms with Crippen LogP contribution in [0.5, 0.6) is 0 Å². The predicted molar refractivity (Wildman–Crippen MR) is 129 cm³/mol. The van der Waals surface area contributed by atoms with Gasteiger partial charge in [0.25, 0.3) is 0 Å². The van der Waals surface area contributed by atoms with Crippen LogP contribution in [0.25, 0.3) is 10.9 Å². The number of fused-ring (bicyclic) bond motifs is 2. The summed E-state index contributed by atoms with van der Waals surface area (Å²) in [5.41, 5.74) is 1.66. The van der Waals surface area contributed by atoms with Crippen LogP contribution in [-0.4, -0.2) is 82.1 Å². The molecule has 9 nitrogen and oxygen atoms in total. The number of aromatic nitrogens is 1. The van der Waals surface area contributed by atoms with Crippen molar-refractivity contribution in [2.24, 2.45) is 5.41 Å². The zero-order chi connectivity index (χ0) is 30.3. The molecule has 4 rings (SSSR count). The molecule has 1 aromatic carbocycles. The minimum Gasteiger partial charge on any atom is -0.475 e. The molecule has 2 atom stereocenters. The van der Waals surface area contributed by atoms with Gasteiger partial charge in [-0.15, -0.1) is 0 Å². The van der Waals surface area contributed by atoms with Crippen LogP contribution in [0.3, 0.4) is 0 Å². The number of ether oxygens (including phenoxy) is 1. The molecule has 2 aliphatic heterocycles. The van der Waals surface area contributed by atoms with E-state index in [-0.39, 0.29) is 18.1 Å². The smallest absolute Gasteiger partial charge is 0.475 e. The first kappa shape index (κ1) is 32.8. The van der Waals surface area contributed by atoms with Crippen molar-refractivity contribution >= 4 is 28.7 Å². The van der Waals surface area contributed by atoms with Crippen LogP contribution in [0, 0.1) is 5.41 Å². The Kier molecular flexibility index (Phi) is 10.9. The summed E-state index contributed by atoms with van der Waals surface area (Å²) in [7, 11) is 0. The van der Waals surface area contributed by atoms with E-state index in [9.17, 15) is 31.1 Å². The van der Waals surface area contributed by atoms with Gasteiger partial charge in [0, 0.05) is 37.7 Å². The number of benzene rings is 1. The van der Waals surface area contributed by atoms with E-state index in [4.69, 9.17) is 29.5 Å². The Morgan fingerprint density at radius 3 is 2.17 bits per heavy atom. The molecule has 1 aromatic heterocycles. The first-order chi connectivity index (χ1) is 18.5. The van der Waals surface area contributed by atoms with Gasteiger partial charge in [0.05, 0.1) is 22.7 Å². The molecular formula is C25H29F6N3O6. The van der Waals surface area contributed by atoms with Crippen LogP contribution >= 0.6 is 0 Å². The highest BCUT2D eigenvalue weighted by atomic mass is 19.4. The highest BCUT2D eigenvalue weighted by molar-refractivity contribution is 5.84. The van der Waals surface area contributed by atoms with Crippen molar-refractivity contribution in [3.63, 3.8) is 0 Å². The third-order valence-corrected chi connectivity index (χ3v) is 6.10. The van der Waals surface area contributed by atoms with Gasteiger partial charge in [0.2, 0.25) is 5.91 Å². The fourth-order valence-electron chi connectivity index (χ4n) is 4.32. The van der Waals surface area contributed by atoms with E-state index in [2.05, 4.69) is 28.4 Å². The van der Waals surface area contributed by atoms with Gasteiger partial charge in [-0.1, -0.05) is 24.3 Å². The predicted octanol–water partition coefficient (Wildman–Crippen LogP) is 4.01. The number of aliphatic carboxylic acids is 2. The highest BCUT2D eigenvalue weighted by Gasteiger charge is 2.53. The molecule has 222 valence electrons. The summed E-state index contributed by atoms with van der Waals surface area (Å²) < 4.78 is 69.4. The van der Waals surface area contributed by atoms with Crippen molar-refractivity contribution in [3.8, 4) is 0 Å².